The number of amides is 1. The molecule has 20 heavy (non-hydrogen) atoms. The second-order valence-electron chi connectivity index (χ2n) is 5.00. The summed E-state index contributed by atoms with van der Waals surface area (Å²) in [6, 6.07) is 15.4. The van der Waals surface area contributed by atoms with E-state index in [2.05, 4.69) is 21.2 Å². The van der Waals surface area contributed by atoms with Gasteiger partial charge in [0.15, 0.2) is 0 Å². The molecule has 0 aromatic heterocycles. The third-order valence-corrected chi connectivity index (χ3v) is 5.11. The van der Waals surface area contributed by atoms with Crippen molar-refractivity contribution in [3.63, 3.8) is 0 Å². The van der Waals surface area contributed by atoms with Crippen LogP contribution in [-0.4, -0.2) is 5.91 Å². The van der Waals surface area contributed by atoms with Crippen LogP contribution in [0.3, 0.4) is 0 Å². The summed E-state index contributed by atoms with van der Waals surface area (Å²) in [5, 5.41) is 3.57. The third kappa shape index (κ3) is 2.36. The highest BCUT2D eigenvalue weighted by atomic mass is 79.9. The maximum atomic E-state index is 12.6. The third-order valence-electron chi connectivity index (χ3n) is 3.71. The number of nitrogens with one attached hydrogen (secondary N) is 1. The topological polar surface area (TPSA) is 29.1 Å². The van der Waals surface area contributed by atoms with Crippen LogP contribution in [0.25, 0.3) is 0 Å². The van der Waals surface area contributed by atoms with E-state index in [0.29, 0.717) is 10.7 Å². The van der Waals surface area contributed by atoms with E-state index in [9.17, 15) is 4.79 Å². The van der Waals surface area contributed by atoms with Crippen molar-refractivity contribution < 1.29 is 4.79 Å². The average molecular weight is 351 g/mol. The average Bonchev–Trinajstić information content (AvgIpc) is 3.26. The van der Waals surface area contributed by atoms with Gasteiger partial charge in [-0.2, -0.15) is 0 Å². The Labute approximate surface area is 131 Å². The van der Waals surface area contributed by atoms with Crippen molar-refractivity contribution in [3.05, 3.63) is 63.6 Å². The molecule has 1 aliphatic rings. The highest BCUT2D eigenvalue weighted by Gasteiger charge is 2.51. The SMILES string of the molecule is O=C(Nc1cccc(Cl)c1Br)C1(c2ccccc2)CC1. The lowest BCUT2D eigenvalue weighted by Gasteiger charge is -2.16. The van der Waals surface area contributed by atoms with Crippen LogP contribution in [-0.2, 0) is 10.2 Å². The first-order valence-corrected chi connectivity index (χ1v) is 7.61. The fraction of sp³-hybridized carbons (Fsp3) is 0.188. The Morgan fingerprint density at radius 2 is 1.80 bits per heavy atom. The van der Waals surface area contributed by atoms with E-state index in [1.54, 1.807) is 6.07 Å². The molecule has 1 saturated carbocycles. The van der Waals surface area contributed by atoms with Crippen molar-refractivity contribution >= 4 is 39.1 Å². The molecular formula is C16H13BrClNO. The van der Waals surface area contributed by atoms with Gasteiger partial charge in [-0.3, -0.25) is 4.79 Å². The zero-order valence-electron chi connectivity index (χ0n) is 10.7. The number of anilines is 1. The summed E-state index contributed by atoms with van der Waals surface area (Å²) in [5.41, 5.74) is 1.42. The summed E-state index contributed by atoms with van der Waals surface area (Å²) in [4.78, 5) is 12.6. The first kappa shape index (κ1) is 13.7. The van der Waals surface area contributed by atoms with Crippen LogP contribution in [0.1, 0.15) is 18.4 Å². The smallest absolute Gasteiger partial charge is 0.235 e. The van der Waals surface area contributed by atoms with Crippen LogP contribution in [0.15, 0.2) is 53.0 Å². The lowest BCUT2D eigenvalue weighted by molar-refractivity contribution is -0.118. The molecule has 0 bridgehead atoms. The molecule has 1 N–H and O–H groups in total. The molecule has 1 fully saturated rings. The maximum absolute atomic E-state index is 12.6. The van der Waals surface area contributed by atoms with Gasteiger partial charge in [0.2, 0.25) is 5.91 Å². The molecule has 1 aliphatic carbocycles. The maximum Gasteiger partial charge on any atom is 0.235 e. The number of halogens is 2. The van der Waals surface area contributed by atoms with E-state index >= 15 is 0 Å². The van der Waals surface area contributed by atoms with Crippen molar-refractivity contribution in [1.82, 2.24) is 0 Å². The summed E-state index contributed by atoms with van der Waals surface area (Å²) < 4.78 is 0.721. The molecule has 2 nitrogen and oxygen atoms in total. The summed E-state index contributed by atoms with van der Waals surface area (Å²) in [6.45, 7) is 0. The second-order valence-corrected chi connectivity index (χ2v) is 6.20. The summed E-state index contributed by atoms with van der Waals surface area (Å²) in [7, 11) is 0. The minimum absolute atomic E-state index is 0.0340. The van der Waals surface area contributed by atoms with E-state index in [0.717, 1.165) is 22.9 Å². The predicted octanol–water partition coefficient (Wildman–Crippen LogP) is 4.77. The molecule has 0 atom stereocenters. The first-order chi connectivity index (χ1) is 9.63. The van der Waals surface area contributed by atoms with Crippen LogP contribution in [0, 0.1) is 0 Å². The van der Waals surface area contributed by atoms with Crippen molar-refractivity contribution in [3.8, 4) is 0 Å². The molecule has 2 aromatic carbocycles. The van der Waals surface area contributed by atoms with Crippen molar-refractivity contribution in [2.75, 3.05) is 5.32 Å². The Bertz CT molecular complexity index is 653. The highest BCUT2D eigenvalue weighted by molar-refractivity contribution is 9.10. The number of benzene rings is 2. The van der Waals surface area contributed by atoms with Crippen molar-refractivity contribution in [2.45, 2.75) is 18.3 Å². The van der Waals surface area contributed by atoms with Crippen LogP contribution in [0.5, 0.6) is 0 Å². The van der Waals surface area contributed by atoms with Crippen molar-refractivity contribution in [1.29, 1.82) is 0 Å². The molecule has 2 aromatic rings. The molecule has 1 amide bonds. The fourth-order valence-corrected chi connectivity index (χ4v) is 2.91. The van der Waals surface area contributed by atoms with Crippen LogP contribution in [0.4, 0.5) is 5.69 Å². The molecular weight excluding hydrogens is 338 g/mol. The Hall–Kier alpha value is -1.32. The van der Waals surface area contributed by atoms with Gasteiger partial charge >= 0.3 is 0 Å². The molecule has 0 spiro atoms. The molecule has 0 saturated heterocycles. The van der Waals surface area contributed by atoms with E-state index in [1.807, 2.05) is 42.5 Å². The van der Waals surface area contributed by atoms with Crippen LogP contribution >= 0.6 is 27.5 Å². The van der Waals surface area contributed by atoms with Crippen LogP contribution in [0.2, 0.25) is 5.02 Å². The van der Waals surface area contributed by atoms with Crippen LogP contribution < -0.4 is 5.32 Å². The number of hydrogen-bond acceptors (Lipinski definition) is 1. The molecule has 4 heteroatoms. The Kier molecular flexibility index (Phi) is 3.57. The second kappa shape index (κ2) is 5.23. The normalized spacial score (nSPS) is 15.7. The van der Waals surface area contributed by atoms with Gasteiger partial charge in [-0.05, 0) is 46.5 Å². The summed E-state index contributed by atoms with van der Waals surface area (Å²) >= 11 is 9.45. The minimum atomic E-state index is -0.372. The van der Waals surface area contributed by atoms with Gasteiger partial charge in [0.25, 0.3) is 0 Å². The van der Waals surface area contributed by atoms with E-state index in [1.165, 1.54) is 0 Å². The number of carbonyl (C=O) groups is 1. The van der Waals surface area contributed by atoms with E-state index in [4.69, 9.17) is 11.6 Å². The summed E-state index contributed by atoms with van der Waals surface area (Å²) in [6.07, 6.45) is 1.78. The zero-order chi connectivity index (χ0) is 14.2. The molecule has 102 valence electrons. The Morgan fingerprint density at radius 1 is 1.10 bits per heavy atom. The van der Waals surface area contributed by atoms with Gasteiger partial charge in [0, 0.05) is 0 Å². The largest absolute Gasteiger partial charge is 0.324 e. The lowest BCUT2D eigenvalue weighted by Crippen LogP contribution is -2.27. The van der Waals surface area contributed by atoms with E-state index in [-0.39, 0.29) is 11.3 Å². The molecule has 3 rings (SSSR count). The van der Waals surface area contributed by atoms with Gasteiger partial charge in [0.05, 0.1) is 20.6 Å². The van der Waals surface area contributed by atoms with E-state index < -0.39 is 0 Å². The Balaban J connectivity index is 1.86. The van der Waals surface area contributed by atoms with Gasteiger partial charge in [0.1, 0.15) is 0 Å². The predicted molar refractivity (Wildman–Crippen MR) is 85.1 cm³/mol. The number of rotatable bonds is 3. The Morgan fingerprint density at radius 3 is 2.45 bits per heavy atom. The van der Waals surface area contributed by atoms with Gasteiger partial charge in [-0.1, -0.05) is 48.0 Å². The fourth-order valence-electron chi connectivity index (χ4n) is 2.37. The quantitative estimate of drug-likeness (QED) is 0.848. The van der Waals surface area contributed by atoms with Gasteiger partial charge < -0.3 is 5.32 Å². The van der Waals surface area contributed by atoms with Crippen molar-refractivity contribution in [2.24, 2.45) is 0 Å². The summed E-state index contributed by atoms with van der Waals surface area (Å²) in [5.74, 6) is 0.0340. The van der Waals surface area contributed by atoms with Gasteiger partial charge in [-0.25, -0.2) is 0 Å². The molecule has 0 heterocycles. The lowest BCUT2D eigenvalue weighted by atomic mass is 9.95. The standard InChI is InChI=1S/C16H13BrClNO/c17-14-12(18)7-4-8-13(14)19-15(20)16(9-10-16)11-5-2-1-3-6-11/h1-8H,9-10H2,(H,19,20). The number of carbonyl (C=O) groups excluding carboxylic acids is 1. The highest BCUT2D eigenvalue weighted by Crippen LogP contribution is 2.49. The molecule has 0 radical (unpaired) electrons. The first-order valence-electron chi connectivity index (χ1n) is 6.44. The minimum Gasteiger partial charge on any atom is -0.324 e. The van der Waals surface area contributed by atoms with Gasteiger partial charge in [-0.15, -0.1) is 0 Å². The monoisotopic (exact) mass is 349 g/mol. The molecule has 0 aliphatic heterocycles. The zero-order valence-corrected chi connectivity index (χ0v) is 13.0. The molecule has 0 unspecified atom stereocenters. The number of hydrogen-bond donors (Lipinski definition) is 1.